The molecule has 1 aromatic carbocycles. The number of hydrogen-bond acceptors (Lipinski definition) is 3. The molecule has 2 rings (SSSR count). The lowest BCUT2D eigenvalue weighted by Gasteiger charge is -2.06. The smallest absolute Gasteiger partial charge is 0.243 e. The Morgan fingerprint density at radius 1 is 1.37 bits per heavy atom. The summed E-state index contributed by atoms with van der Waals surface area (Å²) < 4.78 is 53.7. The average molecular weight is 287 g/mol. The minimum atomic E-state index is -4.10. The number of benzene rings is 1. The number of nitrogens with zero attached hydrogens (tertiary/aromatic N) is 2. The lowest BCUT2D eigenvalue weighted by atomic mass is 10.3. The Labute approximate surface area is 108 Å². The quantitative estimate of drug-likeness (QED) is 0.918. The van der Waals surface area contributed by atoms with Crippen LogP contribution in [0, 0.1) is 11.6 Å². The van der Waals surface area contributed by atoms with Crippen molar-refractivity contribution >= 4 is 10.0 Å². The van der Waals surface area contributed by atoms with E-state index in [0.717, 1.165) is 12.1 Å². The van der Waals surface area contributed by atoms with Gasteiger partial charge in [-0.3, -0.25) is 4.68 Å². The Morgan fingerprint density at radius 2 is 2.11 bits per heavy atom. The van der Waals surface area contributed by atoms with Crippen LogP contribution in [-0.2, 0) is 23.6 Å². The lowest BCUT2D eigenvalue weighted by molar-refractivity contribution is 0.545. The number of sulfonamides is 1. The van der Waals surface area contributed by atoms with Crippen LogP contribution in [0.25, 0.3) is 0 Å². The molecule has 0 atom stereocenters. The van der Waals surface area contributed by atoms with Crippen molar-refractivity contribution in [1.82, 2.24) is 14.5 Å². The number of aryl methyl sites for hydroxylation is 1. The first-order valence-corrected chi connectivity index (χ1v) is 6.79. The van der Waals surface area contributed by atoms with Crippen molar-refractivity contribution in [2.24, 2.45) is 7.05 Å². The highest BCUT2D eigenvalue weighted by Crippen LogP contribution is 2.15. The number of halogens is 2. The highest BCUT2D eigenvalue weighted by Gasteiger charge is 2.19. The summed E-state index contributed by atoms with van der Waals surface area (Å²) in [4.78, 5) is -0.712. The summed E-state index contributed by atoms with van der Waals surface area (Å²) in [7, 11) is -2.42. The minimum Gasteiger partial charge on any atom is -0.275 e. The molecule has 1 heterocycles. The summed E-state index contributed by atoms with van der Waals surface area (Å²) in [6, 6.07) is 2.27. The molecule has 102 valence electrons. The molecule has 0 fully saturated rings. The molecule has 1 N–H and O–H groups in total. The molecular weight excluding hydrogens is 276 g/mol. The molecule has 0 aliphatic rings. The van der Waals surface area contributed by atoms with Crippen molar-refractivity contribution < 1.29 is 17.2 Å². The van der Waals surface area contributed by atoms with E-state index in [-0.39, 0.29) is 6.54 Å². The number of aromatic nitrogens is 2. The van der Waals surface area contributed by atoms with Crippen LogP contribution < -0.4 is 4.72 Å². The minimum absolute atomic E-state index is 0.0495. The van der Waals surface area contributed by atoms with Gasteiger partial charge in [0.1, 0.15) is 16.5 Å². The average Bonchev–Trinajstić information content (AvgIpc) is 2.76. The second kappa shape index (κ2) is 5.06. The predicted molar refractivity (Wildman–Crippen MR) is 63.6 cm³/mol. The van der Waals surface area contributed by atoms with E-state index in [4.69, 9.17) is 0 Å². The zero-order chi connectivity index (χ0) is 14.0. The zero-order valence-electron chi connectivity index (χ0n) is 9.97. The van der Waals surface area contributed by atoms with Crippen LogP contribution in [0.4, 0.5) is 8.78 Å². The summed E-state index contributed by atoms with van der Waals surface area (Å²) in [5, 5.41) is 3.87. The fourth-order valence-electron chi connectivity index (χ4n) is 1.50. The van der Waals surface area contributed by atoms with Crippen molar-refractivity contribution in [2.75, 3.05) is 0 Å². The lowest BCUT2D eigenvalue weighted by Crippen LogP contribution is -2.24. The van der Waals surface area contributed by atoms with Gasteiger partial charge in [0.15, 0.2) is 0 Å². The highest BCUT2D eigenvalue weighted by molar-refractivity contribution is 7.89. The highest BCUT2D eigenvalue weighted by atomic mass is 32.2. The molecule has 0 spiro atoms. The molecule has 0 bridgehead atoms. The number of hydrogen-bond donors (Lipinski definition) is 1. The Bertz CT molecular complexity index is 698. The van der Waals surface area contributed by atoms with Crippen molar-refractivity contribution in [1.29, 1.82) is 0 Å². The molecule has 0 unspecified atom stereocenters. The zero-order valence-corrected chi connectivity index (χ0v) is 10.8. The Hall–Kier alpha value is -1.80. The second-order valence-electron chi connectivity index (χ2n) is 3.92. The molecule has 0 radical (unpaired) electrons. The van der Waals surface area contributed by atoms with E-state index in [2.05, 4.69) is 9.82 Å². The Morgan fingerprint density at radius 3 is 2.74 bits per heavy atom. The molecule has 0 aliphatic heterocycles. The largest absolute Gasteiger partial charge is 0.275 e. The van der Waals surface area contributed by atoms with Gasteiger partial charge in [-0.05, 0) is 18.2 Å². The van der Waals surface area contributed by atoms with Gasteiger partial charge in [0.05, 0.1) is 6.20 Å². The first kappa shape index (κ1) is 13.6. The van der Waals surface area contributed by atoms with Crippen LogP contribution in [0.3, 0.4) is 0 Å². The van der Waals surface area contributed by atoms with E-state index in [0.29, 0.717) is 11.6 Å². The molecule has 5 nitrogen and oxygen atoms in total. The third kappa shape index (κ3) is 3.15. The van der Waals surface area contributed by atoms with E-state index in [9.17, 15) is 17.2 Å². The maximum Gasteiger partial charge on any atom is 0.243 e. The standard InChI is InChI=1S/C11H11F2N3O2S/c1-16-7-8(5-14-16)6-15-19(17,18)11-4-9(12)2-3-10(11)13/h2-5,7,15H,6H2,1H3. The maximum atomic E-state index is 13.4. The second-order valence-corrected chi connectivity index (χ2v) is 5.66. The van der Waals surface area contributed by atoms with Crippen LogP contribution in [0.1, 0.15) is 5.56 Å². The van der Waals surface area contributed by atoms with Crippen LogP contribution in [-0.4, -0.2) is 18.2 Å². The van der Waals surface area contributed by atoms with E-state index >= 15 is 0 Å². The van der Waals surface area contributed by atoms with Gasteiger partial charge in [0, 0.05) is 25.4 Å². The third-order valence-electron chi connectivity index (χ3n) is 2.41. The van der Waals surface area contributed by atoms with Gasteiger partial charge in [-0.15, -0.1) is 0 Å². The fourth-order valence-corrected chi connectivity index (χ4v) is 2.61. The summed E-state index contributed by atoms with van der Waals surface area (Å²) in [6.07, 6.45) is 3.09. The van der Waals surface area contributed by atoms with Crippen molar-refractivity contribution in [2.45, 2.75) is 11.4 Å². The monoisotopic (exact) mass is 287 g/mol. The first-order chi connectivity index (χ1) is 8.88. The molecule has 0 saturated heterocycles. The molecule has 0 aliphatic carbocycles. The van der Waals surface area contributed by atoms with E-state index in [1.807, 2.05) is 0 Å². The summed E-state index contributed by atoms with van der Waals surface area (Å²) in [5.41, 5.74) is 0.614. The fraction of sp³-hybridized carbons (Fsp3) is 0.182. The van der Waals surface area contributed by atoms with Crippen molar-refractivity contribution in [3.8, 4) is 0 Å². The van der Waals surface area contributed by atoms with Gasteiger partial charge >= 0.3 is 0 Å². The normalized spacial score (nSPS) is 11.7. The van der Waals surface area contributed by atoms with E-state index in [1.54, 1.807) is 13.2 Å². The third-order valence-corrected chi connectivity index (χ3v) is 3.82. The van der Waals surface area contributed by atoms with Gasteiger partial charge in [-0.2, -0.15) is 5.10 Å². The summed E-state index contributed by atoms with van der Waals surface area (Å²) >= 11 is 0. The van der Waals surface area contributed by atoms with Crippen LogP contribution in [0.5, 0.6) is 0 Å². The van der Waals surface area contributed by atoms with Crippen LogP contribution in [0.15, 0.2) is 35.5 Å². The van der Waals surface area contributed by atoms with Gasteiger partial charge in [0.25, 0.3) is 0 Å². The molecular formula is C11H11F2N3O2S. The summed E-state index contributed by atoms with van der Waals surface area (Å²) in [6.45, 7) is -0.0495. The molecule has 2 aromatic rings. The van der Waals surface area contributed by atoms with Crippen LogP contribution in [0.2, 0.25) is 0 Å². The predicted octanol–water partition coefficient (Wildman–Crippen LogP) is 1.18. The summed E-state index contributed by atoms with van der Waals surface area (Å²) in [5.74, 6) is -1.82. The van der Waals surface area contributed by atoms with Crippen LogP contribution >= 0.6 is 0 Å². The molecule has 1 aromatic heterocycles. The Kier molecular flexibility index (Phi) is 3.63. The van der Waals surface area contributed by atoms with Gasteiger partial charge < -0.3 is 0 Å². The first-order valence-electron chi connectivity index (χ1n) is 5.31. The van der Waals surface area contributed by atoms with Gasteiger partial charge in [0.2, 0.25) is 10.0 Å². The van der Waals surface area contributed by atoms with E-state index < -0.39 is 26.6 Å². The van der Waals surface area contributed by atoms with Gasteiger partial charge in [-0.1, -0.05) is 0 Å². The van der Waals surface area contributed by atoms with Gasteiger partial charge in [-0.25, -0.2) is 21.9 Å². The molecule has 19 heavy (non-hydrogen) atoms. The van der Waals surface area contributed by atoms with E-state index in [1.165, 1.54) is 10.9 Å². The molecule has 8 heteroatoms. The molecule has 0 saturated carbocycles. The number of nitrogens with one attached hydrogen (secondary N) is 1. The van der Waals surface area contributed by atoms with Crippen molar-refractivity contribution in [3.05, 3.63) is 47.8 Å². The maximum absolute atomic E-state index is 13.4. The molecule has 0 amide bonds. The number of rotatable bonds is 4. The SMILES string of the molecule is Cn1cc(CNS(=O)(=O)c2cc(F)ccc2F)cn1. The van der Waals surface area contributed by atoms with Crippen molar-refractivity contribution in [3.63, 3.8) is 0 Å². The topological polar surface area (TPSA) is 64.0 Å². The Balaban J connectivity index is 2.20.